The van der Waals surface area contributed by atoms with Crippen LogP contribution < -0.4 is 5.32 Å². The van der Waals surface area contributed by atoms with Gasteiger partial charge in [0, 0.05) is 24.5 Å². The monoisotopic (exact) mass is 256 g/mol. The molecular formula is C13H12N4S. The quantitative estimate of drug-likeness (QED) is 0.783. The number of benzene rings is 1. The van der Waals surface area contributed by atoms with Crippen molar-refractivity contribution in [2.75, 3.05) is 12.4 Å². The van der Waals surface area contributed by atoms with Crippen molar-refractivity contribution in [1.82, 2.24) is 13.7 Å². The Morgan fingerprint density at radius 3 is 2.89 bits per heavy atom. The van der Waals surface area contributed by atoms with Gasteiger partial charge in [-0.1, -0.05) is 24.3 Å². The second kappa shape index (κ2) is 4.70. The van der Waals surface area contributed by atoms with Gasteiger partial charge in [0.05, 0.1) is 17.2 Å². The zero-order valence-corrected chi connectivity index (χ0v) is 10.7. The molecule has 5 heteroatoms. The van der Waals surface area contributed by atoms with Crippen LogP contribution in [0.3, 0.4) is 0 Å². The fourth-order valence-corrected chi connectivity index (χ4v) is 2.46. The van der Waals surface area contributed by atoms with Crippen molar-refractivity contribution in [3.05, 3.63) is 47.8 Å². The maximum atomic E-state index is 4.63. The van der Waals surface area contributed by atoms with Gasteiger partial charge in [-0.25, -0.2) is 0 Å². The van der Waals surface area contributed by atoms with Crippen LogP contribution in [0.5, 0.6) is 0 Å². The molecule has 0 aliphatic rings. The van der Waals surface area contributed by atoms with E-state index in [9.17, 15) is 0 Å². The number of rotatable bonds is 3. The first-order chi connectivity index (χ1) is 8.86. The summed E-state index contributed by atoms with van der Waals surface area (Å²) in [6.45, 7) is 0. The van der Waals surface area contributed by atoms with Crippen molar-refractivity contribution in [2.24, 2.45) is 0 Å². The Kier molecular flexibility index (Phi) is 2.90. The van der Waals surface area contributed by atoms with Gasteiger partial charge in [-0.3, -0.25) is 4.98 Å². The smallest absolute Gasteiger partial charge is 0.163 e. The number of hydrogen-bond acceptors (Lipinski definition) is 5. The summed E-state index contributed by atoms with van der Waals surface area (Å²) in [6.07, 6.45) is 0.706. The highest BCUT2D eigenvalue weighted by atomic mass is 32.1. The van der Waals surface area contributed by atoms with Gasteiger partial charge in [-0.05, 0) is 12.1 Å². The zero-order chi connectivity index (χ0) is 12.4. The summed E-state index contributed by atoms with van der Waals surface area (Å²) in [6, 6.07) is 12.2. The topological polar surface area (TPSA) is 50.7 Å². The van der Waals surface area contributed by atoms with E-state index in [1.165, 1.54) is 11.7 Å². The predicted octanol–water partition coefficient (Wildman–Crippen LogP) is 2.72. The molecule has 0 atom stereocenters. The number of fused-ring (bicyclic) bond motifs is 1. The molecule has 0 fully saturated rings. The minimum absolute atomic E-state index is 0.706. The SMILES string of the molecule is CNc1nsnc1Cc1ccc2ccccc2n1. The standard InChI is InChI=1S/C13H12N4S/c1-14-13-12(16-18-17-13)8-10-7-6-9-4-2-3-5-11(9)15-10/h2-7H,8H2,1H3,(H,14,17). The molecule has 2 aromatic heterocycles. The fourth-order valence-electron chi connectivity index (χ4n) is 1.89. The molecule has 18 heavy (non-hydrogen) atoms. The Morgan fingerprint density at radius 1 is 1.11 bits per heavy atom. The zero-order valence-electron chi connectivity index (χ0n) is 9.92. The molecule has 3 aromatic rings. The summed E-state index contributed by atoms with van der Waals surface area (Å²) in [5, 5.41) is 4.20. The molecule has 1 aromatic carbocycles. The lowest BCUT2D eigenvalue weighted by Gasteiger charge is -2.02. The molecule has 90 valence electrons. The Morgan fingerprint density at radius 2 is 2.00 bits per heavy atom. The molecule has 0 amide bonds. The second-order valence-electron chi connectivity index (χ2n) is 3.98. The summed E-state index contributed by atoms with van der Waals surface area (Å²) in [7, 11) is 1.86. The highest BCUT2D eigenvalue weighted by Crippen LogP contribution is 2.17. The molecule has 0 spiro atoms. The third-order valence-corrected chi connectivity index (χ3v) is 3.36. The van der Waals surface area contributed by atoms with E-state index in [-0.39, 0.29) is 0 Å². The van der Waals surface area contributed by atoms with Gasteiger partial charge in [-0.2, -0.15) is 8.75 Å². The number of pyridine rings is 1. The lowest BCUT2D eigenvalue weighted by Crippen LogP contribution is -1.98. The maximum Gasteiger partial charge on any atom is 0.163 e. The average molecular weight is 256 g/mol. The molecule has 0 radical (unpaired) electrons. The van der Waals surface area contributed by atoms with E-state index < -0.39 is 0 Å². The first-order valence-corrected chi connectivity index (χ1v) is 6.44. The van der Waals surface area contributed by atoms with Crippen LogP contribution in [0.15, 0.2) is 36.4 Å². The van der Waals surface area contributed by atoms with E-state index in [0.717, 1.165) is 28.1 Å². The molecule has 0 aliphatic carbocycles. The van der Waals surface area contributed by atoms with Crippen LogP contribution in [-0.2, 0) is 6.42 Å². The Hall–Kier alpha value is -2.01. The van der Waals surface area contributed by atoms with Gasteiger partial charge in [0.1, 0.15) is 5.69 Å². The minimum atomic E-state index is 0.706. The van der Waals surface area contributed by atoms with Crippen LogP contribution in [0, 0.1) is 0 Å². The van der Waals surface area contributed by atoms with E-state index in [0.29, 0.717) is 6.42 Å². The Labute approximate surface area is 109 Å². The third kappa shape index (κ3) is 2.04. The summed E-state index contributed by atoms with van der Waals surface area (Å²) in [5.41, 5.74) is 2.98. The lowest BCUT2D eigenvalue weighted by molar-refractivity contribution is 1.06. The molecule has 0 unspecified atom stereocenters. The van der Waals surface area contributed by atoms with Gasteiger partial charge in [0.15, 0.2) is 5.82 Å². The van der Waals surface area contributed by atoms with Crippen LogP contribution in [0.1, 0.15) is 11.4 Å². The molecular weight excluding hydrogens is 244 g/mol. The normalized spacial score (nSPS) is 10.7. The minimum Gasteiger partial charge on any atom is -0.371 e. The largest absolute Gasteiger partial charge is 0.371 e. The number of para-hydroxylation sites is 1. The molecule has 0 bridgehead atoms. The Balaban J connectivity index is 1.95. The number of anilines is 1. The third-order valence-electron chi connectivity index (χ3n) is 2.80. The first-order valence-electron chi connectivity index (χ1n) is 5.70. The van der Waals surface area contributed by atoms with Gasteiger partial charge < -0.3 is 5.32 Å². The van der Waals surface area contributed by atoms with Crippen molar-refractivity contribution in [1.29, 1.82) is 0 Å². The van der Waals surface area contributed by atoms with E-state index >= 15 is 0 Å². The molecule has 0 saturated heterocycles. The average Bonchev–Trinajstić information content (AvgIpc) is 2.86. The van der Waals surface area contributed by atoms with Crippen molar-refractivity contribution in [2.45, 2.75) is 6.42 Å². The van der Waals surface area contributed by atoms with Crippen molar-refractivity contribution >= 4 is 28.4 Å². The molecule has 1 N–H and O–H groups in total. The van der Waals surface area contributed by atoms with Gasteiger partial charge in [-0.15, -0.1) is 0 Å². The molecule has 4 nitrogen and oxygen atoms in total. The Bertz CT molecular complexity index is 677. The van der Waals surface area contributed by atoms with Crippen molar-refractivity contribution in [3.8, 4) is 0 Å². The van der Waals surface area contributed by atoms with E-state index in [1.807, 2.05) is 31.3 Å². The van der Waals surface area contributed by atoms with Gasteiger partial charge >= 0.3 is 0 Å². The highest BCUT2D eigenvalue weighted by molar-refractivity contribution is 6.99. The lowest BCUT2D eigenvalue weighted by atomic mass is 10.1. The van der Waals surface area contributed by atoms with Gasteiger partial charge in [0.25, 0.3) is 0 Å². The number of aromatic nitrogens is 3. The number of nitrogens with one attached hydrogen (secondary N) is 1. The van der Waals surface area contributed by atoms with Crippen LogP contribution in [0.4, 0.5) is 5.82 Å². The molecule has 0 aliphatic heterocycles. The fraction of sp³-hybridized carbons (Fsp3) is 0.154. The summed E-state index contributed by atoms with van der Waals surface area (Å²) >= 11 is 1.22. The van der Waals surface area contributed by atoms with Crippen LogP contribution in [-0.4, -0.2) is 20.8 Å². The second-order valence-corrected chi connectivity index (χ2v) is 4.51. The van der Waals surface area contributed by atoms with Gasteiger partial charge in [0.2, 0.25) is 0 Å². The summed E-state index contributed by atoms with van der Waals surface area (Å²) in [5.74, 6) is 0.843. The van der Waals surface area contributed by atoms with Crippen molar-refractivity contribution < 1.29 is 0 Å². The molecule has 2 heterocycles. The van der Waals surface area contributed by atoms with Crippen LogP contribution in [0.2, 0.25) is 0 Å². The molecule has 3 rings (SSSR count). The highest BCUT2D eigenvalue weighted by Gasteiger charge is 2.08. The first kappa shape index (κ1) is 11.1. The van der Waals surface area contributed by atoms with E-state index in [4.69, 9.17) is 0 Å². The van der Waals surface area contributed by atoms with Crippen LogP contribution in [0.25, 0.3) is 10.9 Å². The number of nitrogens with zero attached hydrogens (tertiary/aromatic N) is 3. The summed E-state index contributed by atoms with van der Waals surface area (Å²) in [4.78, 5) is 4.63. The van der Waals surface area contributed by atoms with Crippen molar-refractivity contribution in [3.63, 3.8) is 0 Å². The van der Waals surface area contributed by atoms with E-state index in [2.05, 4.69) is 31.2 Å². The summed E-state index contributed by atoms with van der Waals surface area (Å²) < 4.78 is 8.48. The van der Waals surface area contributed by atoms with Crippen LogP contribution >= 0.6 is 11.7 Å². The number of hydrogen-bond donors (Lipinski definition) is 1. The molecule has 0 saturated carbocycles. The van der Waals surface area contributed by atoms with E-state index in [1.54, 1.807) is 0 Å². The predicted molar refractivity (Wildman–Crippen MR) is 74.0 cm³/mol. The maximum absolute atomic E-state index is 4.63.